The van der Waals surface area contributed by atoms with E-state index in [4.69, 9.17) is 14.6 Å². The highest BCUT2D eigenvalue weighted by atomic mass is 16.5. The van der Waals surface area contributed by atoms with E-state index in [0.29, 0.717) is 59.0 Å². The number of para-hydroxylation sites is 1. The topological polar surface area (TPSA) is 90.7 Å². The number of fused-ring (bicyclic) bond motifs is 1. The molecule has 47 heavy (non-hydrogen) atoms. The lowest BCUT2D eigenvalue weighted by Gasteiger charge is -2.29. The second-order valence-corrected chi connectivity index (χ2v) is 11.5. The molecule has 1 aliphatic heterocycles. The summed E-state index contributed by atoms with van der Waals surface area (Å²) in [7, 11) is 0. The summed E-state index contributed by atoms with van der Waals surface area (Å²) in [5.41, 5.74) is 5.70. The van der Waals surface area contributed by atoms with Gasteiger partial charge in [0.05, 0.1) is 18.0 Å². The van der Waals surface area contributed by atoms with Crippen molar-refractivity contribution >= 4 is 18.2 Å². The van der Waals surface area contributed by atoms with Crippen molar-refractivity contribution in [3.05, 3.63) is 131 Å². The monoisotopic (exact) mass is 627 g/mol. The normalized spacial score (nSPS) is 12.3. The highest BCUT2D eigenvalue weighted by molar-refractivity contribution is 6.06. The number of carbonyl (C=O) groups excluding carboxylic acids is 3. The molecule has 1 aliphatic rings. The summed E-state index contributed by atoms with van der Waals surface area (Å²) in [6.07, 6.45) is 3.78. The Balaban J connectivity index is 1.50. The van der Waals surface area contributed by atoms with Gasteiger partial charge >= 0.3 is 5.97 Å². The van der Waals surface area contributed by atoms with Crippen LogP contribution in [0.5, 0.6) is 11.5 Å². The van der Waals surface area contributed by atoms with Crippen LogP contribution < -0.4 is 4.74 Å². The fraction of sp³-hybridized carbons (Fsp3) is 0.231. The average molecular weight is 628 g/mol. The minimum atomic E-state index is -0.583. The molecule has 0 saturated carbocycles. The third kappa shape index (κ3) is 6.72. The van der Waals surface area contributed by atoms with E-state index in [1.807, 2.05) is 72.8 Å². The van der Waals surface area contributed by atoms with E-state index >= 15 is 0 Å². The standard InChI is InChI=1S/C39H37N3O5/c1-3-5-18-35-36(33-20-19-27(26-43)23-34(33)38(44)41-22-21-28-12-9-10-13-29(28)25-41)37(39(45)46-4-2)40-42(35)30-14-11-17-32(24-30)47-31-15-7-6-8-16-31/h6-17,19-20,23-24,26H,3-5,18,21-22,25H2,1-2H3. The molecular formula is C39H37N3O5. The summed E-state index contributed by atoms with van der Waals surface area (Å²) >= 11 is 0. The van der Waals surface area contributed by atoms with E-state index in [-0.39, 0.29) is 18.2 Å². The number of aldehydes is 1. The molecular weight excluding hydrogens is 590 g/mol. The van der Waals surface area contributed by atoms with Crippen LogP contribution in [-0.2, 0) is 24.1 Å². The molecule has 0 aliphatic carbocycles. The first-order valence-corrected chi connectivity index (χ1v) is 16.1. The maximum atomic E-state index is 14.3. The van der Waals surface area contributed by atoms with Crippen LogP contribution in [-0.4, -0.2) is 46.0 Å². The van der Waals surface area contributed by atoms with Crippen molar-refractivity contribution in [3.63, 3.8) is 0 Å². The number of aromatic nitrogens is 2. The number of nitrogens with zero attached hydrogens (tertiary/aromatic N) is 3. The number of hydrogen-bond donors (Lipinski definition) is 0. The molecule has 0 fully saturated rings. The zero-order valence-corrected chi connectivity index (χ0v) is 26.6. The SMILES string of the molecule is CCCCc1c(-c2ccc(C=O)cc2C(=O)N2CCc3ccccc3C2)c(C(=O)OCC)nn1-c1cccc(Oc2ccccc2)c1. The van der Waals surface area contributed by atoms with Gasteiger partial charge in [0.25, 0.3) is 5.91 Å². The number of benzene rings is 4. The maximum Gasteiger partial charge on any atom is 0.359 e. The number of rotatable bonds is 11. The largest absolute Gasteiger partial charge is 0.461 e. The van der Waals surface area contributed by atoms with E-state index in [1.165, 1.54) is 5.56 Å². The van der Waals surface area contributed by atoms with Crippen molar-refractivity contribution in [1.29, 1.82) is 0 Å². The smallest absolute Gasteiger partial charge is 0.359 e. The van der Waals surface area contributed by atoms with Crippen LogP contribution in [0.25, 0.3) is 16.8 Å². The van der Waals surface area contributed by atoms with E-state index in [0.717, 1.165) is 36.8 Å². The third-order valence-electron chi connectivity index (χ3n) is 8.36. The fourth-order valence-corrected chi connectivity index (χ4v) is 6.04. The summed E-state index contributed by atoms with van der Waals surface area (Å²) in [6, 6.07) is 30.2. The molecule has 0 bridgehead atoms. The van der Waals surface area contributed by atoms with Crippen molar-refractivity contribution in [1.82, 2.24) is 14.7 Å². The second-order valence-electron chi connectivity index (χ2n) is 11.5. The first-order chi connectivity index (χ1) is 23.0. The Labute approximate surface area is 274 Å². The number of esters is 1. The molecule has 5 aromatic rings. The van der Waals surface area contributed by atoms with E-state index in [9.17, 15) is 14.4 Å². The highest BCUT2D eigenvalue weighted by Crippen LogP contribution is 2.36. The molecule has 1 aromatic heterocycles. The summed E-state index contributed by atoms with van der Waals surface area (Å²) in [4.78, 5) is 41.7. The van der Waals surface area contributed by atoms with Crippen LogP contribution in [0.2, 0.25) is 0 Å². The number of ether oxygens (including phenoxy) is 2. The number of amides is 1. The molecule has 0 spiro atoms. The Bertz CT molecular complexity index is 1910. The minimum absolute atomic E-state index is 0.115. The predicted molar refractivity (Wildman–Crippen MR) is 180 cm³/mol. The minimum Gasteiger partial charge on any atom is -0.461 e. The zero-order chi connectivity index (χ0) is 32.8. The number of unbranched alkanes of at least 4 members (excludes halogenated alkanes) is 1. The van der Waals surface area contributed by atoms with Crippen molar-refractivity contribution in [2.75, 3.05) is 13.2 Å². The highest BCUT2D eigenvalue weighted by Gasteiger charge is 2.31. The van der Waals surface area contributed by atoms with Crippen molar-refractivity contribution in [2.45, 2.75) is 46.1 Å². The van der Waals surface area contributed by atoms with Crippen LogP contribution in [0, 0.1) is 0 Å². The van der Waals surface area contributed by atoms with E-state index in [1.54, 1.807) is 34.7 Å². The van der Waals surface area contributed by atoms with Gasteiger partial charge in [-0.3, -0.25) is 9.59 Å². The molecule has 0 radical (unpaired) electrons. The zero-order valence-electron chi connectivity index (χ0n) is 26.6. The summed E-state index contributed by atoms with van der Waals surface area (Å²) in [6.45, 7) is 5.02. The second kappa shape index (κ2) is 14.3. The molecule has 238 valence electrons. The Morgan fingerprint density at radius 3 is 2.40 bits per heavy atom. The summed E-state index contributed by atoms with van der Waals surface area (Å²) in [5, 5.41) is 4.85. The van der Waals surface area contributed by atoms with Crippen LogP contribution >= 0.6 is 0 Å². The quantitative estimate of drug-likeness (QED) is 0.109. The van der Waals surface area contributed by atoms with Gasteiger partial charge in [-0.15, -0.1) is 0 Å². The average Bonchev–Trinajstić information content (AvgIpc) is 3.50. The van der Waals surface area contributed by atoms with Gasteiger partial charge in [-0.2, -0.15) is 5.10 Å². The van der Waals surface area contributed by atoms with E-state index in [2.05, 4.69) is 13.0 Å². The molecule has 6 rings (SSSR count). The van der Waals surface area contributed by atoms with Crippen molar-refractivity contribution in [3.8, 4) is 28.3 Å². The Kier molecular flexibility index (Phi) is 9.57. The number of carbonyl (C=O) groups is 3. The lowest BCUT2D eigenvalue weighted by atomic mass is 9.92. The van der Waals surface area contributed by atoms with Gasteiger partial charge < -0.3 is 14.4 Å². The molecule has 0 saturated heterocycles. The molecule has 8 heteroatoms. The molecule has 0 unspecified atom stereocenters. The Morgan fingerprint density at radius 1 is 0.872 bits per heavy atom. The van der Waals surface area contributed by atoms with Gasteiger partial charge in [-0.1, -0.05) is 74.0 Å². The van der Waals surface area contributed by atoms with Crippen LogP contribution in [0.1, 0.15) is 74.7 Å². The van der Waals surface area contributed by atoms with Gasteiger partial charge in [-0.05, 0) is 73.2 Å². The summed E-state index contributed by atoms with van der Waals surface area (Å²) in [5.74, 6) is 0.519. The van der Waals surface area contributed by atoms with E-state index < -0.39 is 5.97 Å². The first kappa shape index (κ1) is 31.5. The first-order valence-electron chi connectivity index (χ1n) is 16.1. The molecule has 1 amide bonds. The maximum absolute atomic E-state index is 14.3. The predicted octanol–water partition coefficient (Wildman–Crippen LogP) is 7.86. The Hall–Kier alpha value is -5.50. The van der Waals surface area contributed by atoms with Gasteiger partial charge in [0, 0.05) is 35.8 Å². The molecule has 2 heterocycles. The lowest BCUT2D eigenvalue weighted by Crippen LogP contribution is -2.36. The molecule has 0 N–H and O–H groups in total. The molecule has 0 atom stereocenters. The van der Waals surface area contributed by atoms with Gasteiger partial charge in [0.15, 0.2) is 5.69 Å². The van der Waals surface area contributed by atoms with Gasteiger partial charge in [0.2, 0.25) is 0 Å². The third-order valence-corrected chi connectivity index (χ3v) is 8.36. The Morgan fingerprint density at radius 2 is 1.64 bits per heavy atom. The van der Waals surface area contributed by atoms with Gasteiger partial charge in [0.1, 0.15) is 17.8 Å². The summed E-state index contributed by atoms with van der Waals surface area (Å²) < 4.78 is 13.4. The fourth-order valence-electron chi connectivity index (χ4n) is 6.04. The number of hydrogen-bond acceptors (Lipinski definition) is 6. The molecule has 8 nitrogen and oxygen atoms in total. The van der Waals surface area contributed by atoms with Crippen molar-refractivity contribution < 1.29 is 23.9 Å². The van der Waals surface area contributed by atoms with Crippen LogP contribution in [0.3, 0.4) is 0 Å². The van der Waals surface area contributed by atoms with Crippen molar-refractivity contribution in [2.24, 2.45) is 0 Å². The van der Waals surface area contributed by atoms with Gasteiger partial charge in [-0.25, -0.2) is 9.48 Å². The molecule has 4 aromatic carbocycles. The van der Waals surface area contributed by atoms with Crippen LogP contribution in [0.4, 0.5) is 0 Å². The van der Waals surface area contributed by atoms with Crippen LogP contribution in [0.15, 0.2) is 97.1 Å². The lowest BCUT2D eigenvalue weighted by molar-refractivity contribution is 0.0519.